The molecule has 0 amide bonds. The molecule has 0 spiro atoms. The molecule has 0 radical (unpaired) electrons. The number of ketones is 1. The van der Waals surface area contributed by atoms with Crippen LogP contribution in [0.4, 0.5) is 0 Å². The predicted molar refractivity (Wildman–Crippen MR) is 83.9 cm³/mol. The van der Waals surface area contributed by atoms with Gasteiger partial charge in [-0.2, -0.15) is 0 Å². The number of Topliss-reactive ketones (excluding diaryl/α,β-unsaturated/α-hetero) is 1. The number of ether oxygens (including phenoxy) is 1. The van der Waals surface area contributed by atoms with E-state index in [4.69, 9.17) is 9.84 Å². The van der Waals surface area contributed by atoms with Crippen LogP contribution in [0.1, 0.15) is 48.0 Å². The van der Waals surface area contributed by atoms with E-state index in [9.17, 15) is 30.3 Å². The van der Waals surface area contributed by atoms with E-state index in [-0.39, 0.29) is 0 Å². The van der Waals surface area contributed by atoms with E-state index in [1.54, 1.807) is 0 Å². The van der Waals surface area contributed by atoms with Crippen molar-refractivity contribution in [1.82, 2.24) is 0 Å². The molecule has 1 rings (SSSR count). The third-order valence-electron chi connectivity index (χ3n) is 6.03. The lowest BCUT2D eigenvalue weighted by Gasteiger charge is -2.67. The molecule has 1 aliphatic heterocycles. The quantitative estimate of drug-likeness (QED) is 0.358. The first-order valence-corrected chi connectivity index (χ1v) is 7.85. The van der Waals surface area contributed by atoms with Gasteiger partial charge in [-0.3, -0.25) is 4.79 Å². The second kappa shape index (κ2) is 5.98. The van der Waals surface area contributed by atoms with Crippen LogP contribution < -0.4 is 0 Å². The van der Waals surface area contributed by atoms with E-state index in [2.05, 4.69) is 0 Å². The third kappa shape index (κ3) is 2.61. The fourth-order valence-electron chi connectivity index (χ4n) is 3.56. The Bertz CT molecular complexity index is 500. The smallest absolute Gasteiger partial charge is 0.171 e. The zero-order valence-electron chi connectivity index (χ0n) is 15.1. The second-order valence-electron chi connectivity index (χ2n) is 7.82. The topological polar surface area (TPSA) is 148 Å². The Morgan fingerprint density at radius 3 is 1.88 bits per heavy atom. The van der Waals surface area contributed by atoms with Gasteiger partial charge in [-0.05, 0) is 27.7 Å². The molecule has 1 aliphatic rings. The van der Waals surface area contributed by atoms with Crippen molar-refractivity contribution in [1.29, 1.82) is 0 Å². The molecule has 0 aromatic rings. The average molecular weight is 350 g/mol. The Labute approximate surface area is 141 Å². The summed E-state index contributed by atoms with van der Waals surface area (Å²) in [6, 6.07) is 0. The monoisotopic (exact) mass is 350 g/mol. The van der Waals surface area contributed by atoms with Crippen LogP contribution in [0, 0.1) is 5.41 Å². The highest BCUT2D eigenvalue weighted by Gasteiger charge is 2.76. The minimum Gasteiger partial charge on any atom is -0.394 e. The van der Waals surface area contributed by atoms with Crippen molar-refractivity contribution in [3.8, 4) is 0 Å². The summed E-state index contributed by atoms with van der Waals surface area (Å²) in [7, 11) is 0. The van der Waals surface area contributed by atoms with E-state index in [0.29, 0.717) is 0 Å². The van der Waals surface area contributed by atoms with Crippen LogP contribution in [0.3, 0.4) is 0 Å². The molecule has 0 aromatic carbocycles. The lowest BCUT2D eigenvalue weighted by atomic mass is 9.53. The van der Waals surface area contributed by atoms with E-state index >= 15 is 0 Å². The standard InChI is InChI=1S/C16H30O8/c1-9(18)7-16(23)13(4,11(20)10(19)8-17)24-15(6,22)12(2,3)14(16,5)21/h10-11,17,19-23H,7-8H2,1-6H3/t10?,11?,13?,14-,15-,16-/m1/s1. The molecule has 0 aromatic heterocycles. The maximum atomic E-state index is 11.7. The van der Waals surface area contributed by atoms with Gasteiger partial charge in [0.1, 0.15) is 34.8 Å². The highest BCUT2D eigenvalue weighted by atomic mass is 16.7. The van der Waals surface area contributed by atoms with Gasteiger partial charge in [0, 0.05) is 11.8 Å². The first kappa shape index (κ1) is 21.4. The molecule has 1 heterocycles. The fraction of sp³-hybridized carbons (Fsp3) is 0.938. The molecule has 6 N–H and O–H groups in total. The van der Waals surface area contributed by atoms with Crippen molar-refractivity contribution in [2.75, 3.05) is 6.61 Å². The Balaban J connectivity index is 3.69. The number of aliphatic hydroxyl groups is 6. The van der Waals surface area contributed by atoms with Gasteiger partial charge >= 0.3 is 0 Å². The molecule has 8 heteroatoms. The van der Waals surface area contributed by atoms with Crippen molar-refractivity contribution >= 4 is 5.78 Å². The molecule has 0 bridgehead atoms. The molecule has 6 atom stereocenters. The van der Waals surface area contributed by atoms with Gasteiger partial charge in [0.25, 0.3) is 0 Å². The van der Waals surface area contributed by atoms with Gasteiger partial charge in [-0.1, -0.05) is 13.8 Å². The van der Waals surface area contributed by atoms with Gasteiger partial charge in [0.15, 0.2) is 5.79 Å². The lowest BCUT2D eigenvalue weighted by molar-refractivity contribution is -0.448. The summed E-state index contributed by atoms with van der Waals surface area (Å²) in [5.41, 5.74) is -8.05. The minimum atomic E-state index is -2.35. The summed E-state index contributed by atoms with van der Waals surface area (Å²) in [4.78, 5) is 11.7. The zero-order valence-corrected chi connectivity index (χ0v) is 15.1. The summed E-state index contributed by atoms with van der Waals surface area (Å²) < 4.78 is 5.59. The molecular weight excluding hydrogens is 320 g/mol. The van der Waals surface area contributed by atoms with Gasteiger partial charge in [0.2, 0.25) is 0 Å². The van der Waals surface area contributed by atoms with Crippen LogP contribution in [0.25, 0.3) is 0 Å². The average Bonchev–Trinajstić information content (AvgIpc) is 2.42. The lowest BCUT2D eigenvalue weighted by Crippen LogP contribution is -2.84. The zero-order chi connectivity index (χ0) is 19.4. The first-order chi connectivity index (χ1) is 10.5. The van der Waals surface area contributed by atoms with E-state index in [0.717, 1.165) is 0 Å². The van der Waals surface area contributed by atoms with Gasteiger partial charge in [-0.15, -0.1) is 0 Å². The second-order valence-corrected chi connectivity index (χ2v) is 7.82. The first-order valence-electron chi connectivity index (χ1n) is 7.85. The van der Waals surface area contributed by atoms with Crippen molar-refractivity contribution < 1.29 is 40.2 Å². The Hall–Kier alpha value is -0.610. The summed E-state index contributed by atoms with van der Waals surface area (Å²) in [5, 5.41) is 62.6. The van der Waals surface area contributed by atoms with E-state index in [1.165, 1.54) is 41.5 Å². The van der Waals surface area contributed by atoms with Crippen LogP contribution in [0.15, 0.2) is 0 Å². The van der Waals surface area contributed by atoms with Gasteiger partial charge < -0.3 is 35.4 Å². The highest BCUT2D eigenvalue weighted by Crippen LogP contribution is 2.59. The molecule has 24 heavy (non-hydrogen) atoms. The molecule has 0 saturated carbocycles. The fourth-order valence-corrected chi connectivity index (χ4v) is 3.56. The van der Waals surface area contributed by atoms with Crippen LogP contribution in [0.2, 0.25) is 0 Å². The Morgan fingerprint density at radius 2 is 1.50 bits per heavy atom. The Kier molecular flexibility index (Phi) is 5.34. The summed E-state index contributed by atoms with van der Waals surface area (Å²) in [6.07, 6.45) is -4.20. The molecular formula is C16H30O8. The maximum absolute atomic E-state index is 11.7. The molecule has 3 unspecified atom stereocenters. The normalized spacial score (nSPS) is 44.8. The number of hydrogen-bond acceptors (Lipinski definition) is 8. The van der Waals surface area contributed by atoms with Crippen LogP contribution in [0.5, 0.6) is 0 Å². The molecule has 1 fully saturated rings. The number of aliphatic hydroxyl groups excluding tert-OH is 3. The van der Waals surface area contributed by atoms with Gasteiger partial charge in [0.05, 0.1) is 6.61 Å². The molecule has 1 saturated heterocycles. The summed E-state index contributed by atoms with van der Waals surface area (Å²) >= 11 is 0. The number of hydrogen-bond donors (Lipinski definition) is 6. The largest absolute Gasteiger partial charge is 0.394 e. The number of rotatable bonds is 5. The van der Waals surface area contributed by atoms with E-state index < -0.39 is 59.0 Å². The van der Waals surface area contributed by atoms with Crippen molar-refractivity contribution in [3.63, 3.8) is 0 Å². The third-order valence-corrected chi connectivity index (χ3v) is 6.03. The molecule has 0 aliphatic carbocycles. The molecule has 8 nitrogen and oxygen atoms in total. The molecule has 142 valence electrons. The van der Waals surface area contributed by atoms with E-state index in [1.807, 2.05) is 0 Å². The van der Waals surface area contributed by atoms with Crippen molar-refractivity contribution in [2.24, 2.45) is 5.41 Å². The SMILES string of the molecule is CC(=O)C[C@@]1(O)C(C)(C(O)C(O)CO)O[C@@](C)(O)C(C)(C)[C@@]1(C)O. The number of carbonyl (C=O) groups excluding carboxylic acids is 1. The van der Waals surface area contributed by atoms with Crippen LogP contribution in [-0.4, -0.2) is 77.8 Å². The summed E-state index contributed by atoms with van der Waals surface area (Å²) in [6.45, 7) is 6.93. The van der Waals surface area contributed by atoms with Gasteiger partial charge in [-0.25, -0.2) is 0 Å². The highest BCUT2D eigenvalue weighted by molar-refractivity contribution is 5.77. The number of carbonyl (C=O) groups is 1. The van der Waals surface area contributed by atoms with Crippen molar-refractivity contribution in [3.05, 3.63) is 0 Å². The van der Waals surface area contributed by atoms with Crippen molar-refractivity contribution in [2.45, 2.75) is 82.8 Å². The summed E-state index contributed by atoms with van der Waals surface area (Å²) in [5.74, 6) is -2.51. The van der Waals surface area contributed by atoms with Crippen LogP contribution in [-0.2, 0) is 9.53 Å². The Morgan fingerprint density at radius 1 is 1.04 bits per heavy atom. The minimum absolute atomic E-state index is 0.490. The maximum Gasteiger partial charge on any atom is 0.171 e. The predicted octanol–water partition coefficient (Wildman–Crippen LogP) is -1.31. The van der Waals surface area contributed by atoms with Crippen LogP contribution >= 0.6 is 0 Å².